The number of nitrogen functional groups attached to an aromatic ring is 1. The molecular formula is C17H16N2S. The number of benzene rings is 2. The SMILES string of the molecule is Cc1cccc2sc(C3(c4ccc(N)cc4)CC3)nc12. The first-order valence-electron chi connectivity index (χ1n) is 6.92. The molecule has 3 aromatic rings. The Hall–Kier alpha value is -1.87. The van der Waals surface area contributed by atoms with Crippen LogP contribution in [0.1, 0.15) is 29.0 Å². The Kier molecular flexibility index (Phi) is 2.42. The van der Waals surface area contributed by atoms with Crippen molar-refractivity contribution in [1.82, 2.24) is 4.98 Å². The third-order valence-electron chi connectivity index (χ3n) is 4.24. The topological polar surface area (TPSA) is 38.9 Å². The van der Waals surface area contributed by atoms with Gasteiger partial charge in [-0.05, 0) is 49.1 Å². The normalized spacial score (nSPS) is 16.4. The molecule has 0 bridgehead atoms. The van der Waals surface area contributed by atoms with E-state index in [1.807, 2.05) is 23.5 Å². The summed E-state index contributed by atoms with van der Waals surface area (Å²) in [6.45, 7) is 2.13. The van der Waals surface area contributed by atoms with Crippen LogP contribution >= 0.6 is 11.3 Å². The van der Waals surface area contributed by atoms with Gasteiger partial charge in [-0.3, -0.25) is 0 Å². The number of aromatic nitrogens is 1. The van der Waals surface area contributed by atoms with Gasteiger partial charge < -0.3 is 5.73 Å². The van der Waals surface area contributed by atoms with Gasteiger partial charge in [0, 0.05) is 11.1 Å². The summed E-state index contributed by atoms with van der Waals surface area (Å²) in [7, 11) is 0. The molecule has 0 spiro atoms. The Bertz CT molecular complexity index is 782. The summed E-state index contributed by atoms with van der Waals surface area (Å²) in [6, 6.07) is 14.7. The molecule has 0 radical (unpaired) electrons. The number of nitrogens with zero attached hydrogens (tertiary/aromatic N) is 1. The van der Waals surface area contributed by atoms with Crippen LogP contribution in [0, 0.1) is 6.92 Å². The minimum atomic E-state index is 0.143. The molecule has 1 fully saturated rings. The van der Waals surface area contributed by atoms with E-state index < -0.39 is 0 Å². The summed E-state index contributed by atoms with van der Waals surface area (Å²) in [4.78, 5) is 4.93. The third-order valence-corrected chi connectivity index (χ3v) is 5.47. The molecule has 0 unspecified atom stereocenters. The van der Waals surface area contributed by atoms with Crippen molar-refractivity contribution >= 4 is 27.2 Å². The maximum atomic E-state index is 5.80. The second-order valence-corrected chi connectivity index (χ2v) is 6.68. The first kappa shape index (κ1) is 11.9. The summed E-state index contributed by atoms with van der Waals surface area (Å²) in [5.74, 6) is 0. The summed E-state index contributed by atoms with van der Waals surface area (Å²) in [5, 5.41) is 1.26. The molecule has 0 aliphatic heterocycles. The lowest BCUT2D eigenvalue weighted by molar-refractivity contribution is 0.837. The average Bonchev–Trinajstić information content (AvgIpc) is 3.13. The van der Waals surface area contributed by atoms with E-state index in [0.29, 0.717) is 0 Å². The van der Waals surface area contributed by atoms with Crippen LogP contribution in [0.15, 0.2) is 42.5 Å². The monoisotopic (exact) mass is 280 g/mol. The molecule has 0 amide bonds. The fourth-order valence-electron chi connectivity index (χ4n) is 2.84. The van der Waals surface area contributed by atoms with Gasteiger partial charge in [-0.25, -0.2) is 4.98 Å². The lowest BCUT2D eigenvalue weighted by Crippen LogP contribution is -2.08. The number of thiazole rings is 1. The van der Waals surface area contributed by atoms with Crippen LogP contribution in [0.5, 0.6) is 0 Å². The summed E-state index contributed by atoms with van der Waals surface area (Å²) < 4.78 is 1.29. The van der Waals surface area contributed by atoms with Gasteiger partial charge in [-0.15, -0.1) is 11.3 Å². The lowest BCUT2D eigenvalue weighted by atomic mass is 9.96. The zero-order valence-corrected chi connectivity index (χ0v) is 12.2. The molecule has 2 N–H and O–H groups in total. The van der Waals surface area contributed by atoms with Crippen LogP contribution in [-0.2, 0) is 5.41 Å². The molecule has 1 aliphatic rings. The molecule has 0 saturated heterocycles. The highest BCUT2D eigenvalue weighted by molar-refractivity contribution is 7.18. The van der Waals surface area contributed by atoms with Crippen LogP contribution in [0.2, 0.25) is 0 Å². The number of para-hydroxylation sites is 1. The van der Waals surface area contributed by atoms with E-state index in [0.717, 1.165) is 11.2 Å². The largest absolute Gasteiger partial charge is 0.399 e. The van der Waals surface area contributed by atoms with E-state index in [4.69, 9.17) is 10.7 Å². The Labute approximate surface area is 122 Å². The number of aryl methyl sites for hydroxylation is 1. The van der Waals surface area contributed by atoms with Crippen LogP contribution in [0.25, 0.3) is 10.2 Å². The molecule has 100 valence electrons. The molecule has 1 aromatic heterocycles. The van der Waals surface area contributed by atoms with Gasteiger partial charge in [-0.1, -0.05) is 24.3 Å². The van der Waals surface area contributed by atoms with Crippen LogP contribution in [0.4, 0.5) is 5.69 Å². The molecule has 2 nitrogen and oxygen atoms in total. The molecule has 3 heteroatoms. The number of hydrogen-bond acceptors (Lipinski definition) is 3. The highest BCUT2D eigenvalue weighted by Gasteiger charge is 2.48. The molecule has 1 heterocycles. The number of nitrogens with two attached hydrogens (primary N) is 1. The van der Waals surface area contributed by atoms with Crippen molar-refractivity contribution < 1.29 is 0 Å². The van der Waals surface area contributed by atoms with Crippen LogP contribution < -0.4 is 5.73 Å². The Balaban J connectivity index is 1.86. The predicted octanol–water partition coefficient (Wildman–Crippen LogP) is 4.27. The number of fused-ring (bicyclic) bond motifs is 1. The van der Waals surface area contributed by atoms with Gasteiger partial charge in [0.25, 0.3) is 0 Å². The van der Waals surface area contributed by atoms with E-state index in [9.17, 15) is 0 Å². The van der Waals surface area contributed by atoms with Gasteiger partial charge in [0.2, 0.25) is 0 Å². The molecular weight excluding hydrogens is 264 g/mol. The fourth-order valence-corrected chi connectivity index (χ4v) is 4.16. The zero-order chi connectivity index (χ0) is 13.7. The van der Waals surface area contributed by atoms with Gasteiger partial charge in [0.1, 0.15) is 5.01 Å². The van der Waals surface area contributed by atoms with Crippen molar-refractivity contribution in [2.24, 2.45) is 0 Å². The Morgan fingerprint density at radius 2 is 1.85 bits per heavy atom. The van der Waals surface area contributed by atoms with Crippen molar-refractivity contribution in [3.63, 3.8) is 0 Å². The zero-order valence-electron chi connectivity index (χ0n) is 11.4. The van der Waals surface area contributed by atoms with E-state index in [-0.39, 0.29) is 5.41 Å². The maximum absolute atomic E-state index is 5.80. The van der Waals surface area contributed by atoms with E-state index in [1.165, 1.54) is 33.7 Å². The first-order valence-corrected chi connectivity index (χ1v) is 7.73. The van der Waals surface area contributed by atoms with E-state index in [1.54, 1.807) is 0 Å². The summed E-state index contributed by atoms with van der Waals surface area (Å²) >= 11 is 1.84. The van der Waals surface area contributed by atoms with Crippen LogP contribution in [0.3, 0.4) is 0 Å². The maximum Gasteiger partial charge on any atom is 0.104 e. The van der Waals surface area contributed by atoms with E-state index in [2.05, 4.69) is 37.3 Å². The molecule has 1 aliphatic carbocycles. The fraction of sp³-hybridized carbons (Fsp3) is 0.235. The molecule has 4 rings (SSSR count). The molecule has 1 saturated carbocycles. The highest BCUT2D eigenvalue weighted by atomic mass is 32.1. The quantitative estimate of drug-likeness (QED) is 0.712. The number of anilines is 1. The summed E-state index contributed by atoms with van der Waals surface area (Å²) in [5.41, 5.74) is 10.5. The number of rotatable bonds is 2. The molecule has 20 heavy (non-hydrogen) atoms. The van der Waals surface area contributed by atoms with Crippen molar-refractivity contribution in [2.75, 3.05) is 5.73 Å². The molecule has 2 aromatic carbocycles. The van der Waals surface area contributed by atoms with Gasteiger partial charge in [-0.2, -0.15) is 0 Å². The highest BCUT2D eigenvalue weighted by Crippen LogP contribution is 2.55. The Morgan fingerprint density at radius 3 is 2.50 bits per heavy atom. The van der Waals surface area contributed by atoms with Gasteiger partial charge in [0.05, 0.1) is 10.2 Å². The van der Waals surface area contributed by atoms with Gasteiger partial charge in [0.15, 0.2) is 0 Å². The second-order valence-electron chi connectivity index (χ2n) is 5.64. The Morgan fingerprint density at radius 1 is 1.10 bits per heavy atom. The second kappa shape index (κ2) is 4.06. The van der Waals surface area contributed by atoms with E-state index >= 15 is 0 Å². The van der Waals surface area contributed by atoms with Crippen molar-refractivity contribution in [2.45, 2.75) is 25.2 Å². The third kappa shape index (κ3) is 1.66. The van der Waals surface area contributed by atoms with Gasteiger partial charge >= 0.3 is 0 Å². The van der Waals surface area contributed by atoms with Crippen LogP contribution in [-0.4, -0.2) is 4.98 Å². The first-order chi connectivity index (χ1) is 9.69. The standard InChI is InChI=1S/C17H16N2S/c1-11-3-2-4-14-15(11)19-16(20-14)17(9-10-17)12-5-7-13(18)8-6-12/h2-8H,9-10,18H2,1H3. The van der Waals surface area contributed by atoms with Crippen molar-refractivity contribution in [1.29, 1.82) is 0 Å². The number of hydrogen-bond donors (Lipinski definition) is 1. The molecule has 0 atom stereocenters. The minimum Gasteiger partial charge on any atom is -0.399 e. The summed E-state index contributed by atoms with van der Waals surface area (Å²) in [6.07, 6.45) is 2.38. The lowest BCUT2D eigenvalue weighted by Gasteiger charge is -2.12. The smallest absolute Gasteiger partial charge is 0.104 e. The minimum absolute atomic E-state index is 0.143. The van der Waals surface area contributed by atoms with Crippen molar-refractivity contribution in [3.05, 3.63) is 58.6 Å². The predicted molar refractivity (Wildman–Crippen MR) is 85.2 cm³/mol. The van der Waals surface area contributed by atoms with Crippen molar-refractivity contribution in [3.8, 4) is 0 Å². The average molecular weight is 280 g/mol.